The van der Waals surface area contributed by atoms with Gasteiger partial charge < -0.3 is 5.11 Å². The molecule has 0 atom stereocenters. The minimum absolute atomic E-state index is 0.345. The molecular formula is C9H18O. The van der Waals surface area contributed by atoms with E-state index >= 15 is 0 Å². The van der Waals surface area contributed by atoms with E-state index in [9.17, 15) is 0 Å². The van der Waals surface area contributed by atoms with Gasteiger partial charge in [-0.3, -0.25) is 0 Å². The molecule has 0 aromatic rings. The highest BCUT2D eigenvalue weighted by Crippen LogP contribution is 1.99. The second-order valence-electron chi connectivity index (χ2n) is 2.45. The maximum Gasteiger partial charge on any atom is 0.0431 e. The Bertz CT molecular complexity index is 76.8. The Morgan fingerprint density at radius 3 is 2.50 bits per heavy atom. The number of unbranched alkanes of at least 4 members (excludes halogenated alkanes) is 3. The third kappa shape index (κ3) is 7.70. The molecule has 0 spiro atoms. The first-order valence-electron chi connectivity index (χ1n) is 4.17. The minimum atomic E-state index is 0.345. The molecule has 0 aliphatic rings. The standard InChI is InChI=1S/C9H18O/c1-2-3-4-5-6-7-8-9-10/h3-4,10H,2,5-9H2,1H3/b4-3-. The summed E-state index contributed by atoms with van der Waals surface area (Å²) in [5, 5.41) is 8.45. The van der Waals surface area contributed by atoms with E-state index in [-0.39, 0.29) is 0 Å². The zero-order chi connectivity index (χ0) is 7.66. The van der Waals surface area contributed by atoms with E-state index in [1.165, 1.54) is 12.8 Å². The van der Waals surface area contributed by atoms with Crippen LogP contribution >= 0.6 is 0 Å². The summed E-state index contributed by atoms with van der Waals surface area (Å²) in [6.45, 7) is 2.49. The van der Waals surface area contributed by atoms with Crippen molar-refractivity contribution < 1.29 is 5.11 Å². The smallest absolute Gasteiger partial charge is 0.0431 e. The molecule has 0 rings (SSSR count). The van der Waals surface area contributed by atoms with Crippen LogP contribution in [0.4, 0.5) is 0 Å². The number of rotatable bonds is 6. The van der Waals surface area contributed by atoms with E-state index in [4.69, 9.17) is 5.11 Å². The highest BCUT2D eigenvalue weighted by Gasteiger charge is 1.83. The maximum absolute atomic E-state index is 8.45. The van der Waals surface area contributed by atoms with Gasteiger partial charge in [0.25, 0.3) is 0 Å². The van der Waals surface area contributed by atoms with Crippen LogP contribution in [0.25, 0.3) is 0 Å². The fourth-order valence-electron chi connectivity index (χ4n) is 0.835. The van der Waals surface area contributed by atoms with Gasteiger partial charge in [-0.1, -0.05) is 25.5 Å². The lowest BCUT2D eigenvalue weighted by atomic mass is 10.2. The van der Waals surface area contributed by atoms with Crippen LogP contribution in [0, 0.1) is 0 Å². The van der Waals surface area contributed by atoms with Gasteiger partial charge in [0.1, 0.15) is 0 Å². The Hall–Kier alpha value is -0.300. The largest absolute Gasteiger partial charge is 0.396 e. The van der Waals surface area contributed by atoms with Gasteiger partial charge in [-0.25, -0.2) is 0 Å². The Balaban J connectivity index is 2.83. The number of aliphatic hydroxyl groups excluding tert-OH is 1. The summed E-state index contributed by atoms with van der Waals surface area (Å²) >= 11 is 0. The molecule has 0 aromatic heterocycles. The molecule has 0 aliphatic heterocycles. The SMILES string of the molecule is CC/C=C\CCCCCO. The highest BCUT2D eigenvalue weighted by molar-refractivity contribution is 4.79. The van der Waals surface area contributed by atoms with Crippen molar-refractivity contribution in [2.24, 2.45) is 0 Å². The molecule has 0 amide bonds. The van der Waals surface area contributed by atoms with Crippen LogP contribution in [0.3, 0.4) is 0 Å². The molecule has 1 N–H and O–H groups in total. The van der Waals surface area contributed by atoms with Crippen molar-refractivity contribution in [1.29, 1.82) is 0 Å². The molecule has 0 aliphatic carbocycles. The normalized spacial score (nSPS) is 11.0. The lowest BCUT2D eigenvalue weighted by Crippen LogP contribution is -1.81. The van der Waals surface area contributed by atoms with Gasteiger partial charge >= 0.3 is 0 Å². The maximum atomic E-state index is 8.45. The lowest BCUT2D eigenvalue weighted by Gasteiger charge is -1.92. The Labute approximate surface area is 63.8 Å². The minimum Gasteiger partial charge on any atom is -0.396 e. The van der Waals surface area contributed by atoms with Gasteiger partial charge in [0.2, 0.25) is 0 Å². The molecule has 0 saturated carbocycles. The van der Waals surface area contributed by atoms with E-state index in [0.29, 0.717) is 6.61 Å². The summed E-state index contributed by atoms with van der Waals surface area (Å²) in [6.07, 6.45) is 10.1. The Kier molecular flexibility index (Phi) is 8.44. The summed E-state index contributed by atoms with van der Waals surface area (Å²) in [5.74, 6) is 0. The fraction of sp³-hybridized carbons (Fsp3) is 0.778. The topological polar surface area (TPSA) is 20.2 Å². The molecule has 1 heteroatoms. The average molecular weight is 142 g/mol. The van der Waals surface area contributed by atoms with Crippen molar-refractivity contribution in [1.82, 2.24) is 0 Å². The predicted octanol–water partition coefficient (Wildman–Crippen LogP) is 2.51. The number of allylic oxidation sites excluding steroid dienone is 2. The Morgan fingerprint density at radius 1 is 1.10 bits per heavy atom. The molecule has 0 saturated heterocycles. The molecule has 0 unspecified atom stereocenters. The summed E-state index contributed by atoms with van der Waals surface area (Å²) in [5.41, 5.74) is 0. The monoisotopic (exact) mass is 142 g/mol. The third-order valence-electron chi connectivity index (χ3n) is 1.43. The van der Waals surface area contributed by atoms with Gasteiger partial charge in [-0.05, 0) is 25.7 Å². The summed E-state index contributed by atoms with van der Waals surface area (Å²) in [6, 6.07) is 0. The van der Waals surface area contributed by atoms with E-state index in [1.807, 2.05) is 0 Å². The van der Waals surface area contributed by atoms with Crippen molar-refractivity contribution >= 4 is 0 Å². The zero-order valence-corrected chi connectivity index (χ0v) is 6.84. The van der Waals surface area contributed by atoms with Crippen LogP contribution < -0.4 is 0 Å². The lowest BCUT2D eigenvalue weighted by molar-refractivity contribution is 0.283. The van der Waals surface area contributed by atoms with Crippen LogP contribution in [0.1, 0.15) is 39.0 Å². The summed E-state index contributed by atoms with van der Waals surface area (Å²) in [4.78, 5) is 0. The van der Waals surface area contributed by atoms with Crippen LogP contribution in [-0.2, 0) is 0 Å². The van der Waals surface area contributed by atoms with Crippen molar-refractivity contribution in [2.75, 3.05) is 6.61 Å². The number of aliphatic hydroxyl groups is 1. The fourth-order valence-corrected chi connectivity index (χ4v) is 0.835. The van der Waals surface area contributed by atoms with Crippen molar-refractivity contribution in [3.05, 3.63) is 12.2 Å². The van der Waals surface area contributed by atoms with Crippen molar-refractivity contribution in [3.63, 3.8) is 0 Å². The first-order chi connectivity index (χ1) is 4.91. The molecule has 1 nitrogen and oxygen atoms in total. The third-order valence-corrected chi connectivity index (χ3v) is 1.43. The number of hydrogen-bond donors (Lipinski definition) is 1. The van der Waals surface area contributed by atoms with Gasteiger partial charge in [-0.2, -0.15) is 0 Å². The molecule has 60 valence electrons. The van der Waals surface area contributed by atoms with Crippen molar-refractivity contribution in [3.8, 4) is 0 Å². The van der Waals surface area contributed by atoms with Crippen LogP contribution in [0.15, 0.2) is 12.2 Å². The van der Waals surface area contributed by atoms with E-state index < -0.39 is 0 Å². The first kappa shape index (κ1) is 9.70. The average Bonchev–Trinajstić information content (AvgIpc) is 1.97. The molecule has 0 bridgehead atoms. The van der Waals surface area contributed by atoms with Crippen LogP contribution in [-0.4, -0.2) is 11.7 Å². The van der Waals surface area contributed by atoms with Crippen molar-refractivity contribution in [2.45, 2.75) is 39.0 Å². The molecule has 0 radical (unpaired) electrons. The summed E-state index contributed by atoms with van der Waals surface area (Å²) < 4.78 is 0. The zero-order valence-electron chi connectivity index (χ0n) is 6.84. The van der Waals surface area contributed by atoms with Gasteiger partial charge in [0, 0.05) is 6.61 Å². The molecular weight excluding hydrogens is 124 g/mol. The highest BCUT2D eigenvalue weighted by atomic mass is 16.2. The molecule has 0 fully saturated rings. The van der Waals surface area contributed by atoms with E-state index in [1.54, 1.807) is 0 Å². The van der Waals surface area contributed by atoms with Crippen LogP contribution in [0.5, 0.6) is 0 Å². The second kappa shape index (κ2) is 8.70. The van der Waals surface area contributed by atoms with Gasteiger partial charge in [0.15, 0.2) is 0 Å². The predicted molar refractivity (Wildman–Crippen MR) is 45.0 cm³/mol. The van der Waals surface area contributed by atoms with Gasteiger partial charge in [0.05, 0.1) is 0 Å². The second-order valence-corrected chi connectivity index (χ2v) is 2.45. The van der Waals surface area contributed by atoms with Crippen LogP contribution in [0.2, 0.25) is 0 Å². The van der Waals surface area contributed by atoms with Gasteiger partial charge in [-0.15, -0.1) is 0 Å². The summed E-state index contributed by atoms with van der Waals surface area (Å²) in [7, 11) is 0. The Morgan fingerprint density at radius 2 is 1.90 bits per heavy atom. The quantitative estimate of drug-likeness (QED) is 0.446. The number of hydrogen-bond acceptors (Lipinski definition) is 1. The first-order valence-corrected chi connectivity index (χ1v) is 4.17. The molecule has 0 heterocycles. The molecule has 0 aromatic carbocycles. The molecule has 10 heavy (non-hydrogen) atoms. The van der Waals surface area contributed by atoms with E-state index in [2.05, 4.69) is 19.1 Å². The van der Waals surface area contributed by atoms with E-state index in [0.717, 1.165) is 19.3 Å².